The molecule has 3 aromatic rings. The van der Waals surface area contributed by atoms with E-state index in [4.69, 9.17) is 16.1 Å². The number of amides is 1. The van der Waals surface area contributed by atoms with Gasteiger partial charge in [-0.1, -0.05) is 22.8 Å². The number of anilines is 1. The topological polar surface area (TPSA) is 69.8 Å². The molecule has 1 aliphatic heterocycles. The molecule has 0 radical (unpaired) electrons. The van der Waals surface area contributed by atoms with E-state index in [0.29, 0.717) is 31.9 Å². The largest absolute Gasteiger partial charge is 0.508 e. The summed E-state index contributed by atoms with van der Waals surface area (Å²) in [6, 6.07) is 11.3. The number of rotatable bonds is 3. The molecule has 0 aliphatic carbocycles. The third-order valence-corrected chi connectivity index (χ3v) is 5.37. The molecule has 6 nitrogen and oxygen atoms in total. The minimum atomic E-state index is -0.558. The molecule has 2 aromatic carbocycles. The highest BCUT2D eigenvalue weighted by Gasteiger charge is 2.30. The quantitative estimate of drug-likeness (QED) is 0.697. The van der Waals surface area contributed by atoms with Crippen LogP contribution in [0.4, 0.5) is 10.1 Å². The van der Waals surface area contributed by atoms with Crippen molar-refractivity contribution in [1.29, 1.82) is 0 Å². The maximum absolute atomic E-state index is 14.4. The van der Waals surface area contributed by atoms with Gasteiger partial charge in [-0.2, -0.15) is 0 Å². The van der Waals surface area contributed by atoms with Crippen LogP contribution in [0.3, 0.4) is 0 Å². The molecule has 0 saturated carbocycles. The first-order valence-electron chi connectivity index (χ1n) is 9.19. The van der Waals surface area contributed by atoms with Crippen molar-refractivity contribution in [2.75, 3.05) is 31.1 Å². The van der Waals surface area contributed by atoms with Gasteiger partial charge in [-0.15, -0.1) is 0 Å². The molecule has 1 aliphatic rings. The van der Waals surface area contributed by atoms with Crippen molar-refractivity contribution in [1.82, 2.24) is 10.1 Å². The predicted molar refractivity (Wildman–Crippen MR) is 108 cm³/mol. The van der Waals surface area contributed by atoms with Gasteiger partial charge < -0.3 is 19.4 Å². The van der Waals surface area contributed by atoms with Crippen LogP contribution in [-0.4, -0.2) is 47.2 Å². The summed E-state index contributed by atoms with van der Waals surface area (Å²) >= 11 is 6.16. The lowest BCUT2D eigenvalue weighted by Crippen LogP contribution is -2.49. The number of aromatic hydroxyl groups is 1. The summed E-state index contributed by atoms with van der Waals surface area (Å²) in [5.74, 6) is -0.282. The van der Waals surface area contributed by atoms with Gasteiger partial charge in [0.15, 0.2) is 0 Å². The maximum atomic E-state index is 14.4. The Kier molecular flexibility index (Phi) is 5.15. The third-order valence-electron chi connectivity index (χ3n) is 5.06. The molecule has 0 atom stereocenters. The van der Waals surface area contributed by atoms with E-state index in [0.717, 1.165) is 5.69 Å². The molecule has 4 rings (SSSR count). The molecule has 29 heavy (non-hydrogen) atoms. The molecule has 0 bridgehead atoms. The summed E-state index contributed by atoms with van der Waals surface area (Å²) in [5.41, 5.74) is 1.40. The standard InChI is InChI=1S/C21H19ClFN3O3/c1-13-18(20(24-29-13)19-16(22)3-2-4-17(19)23)21(28)26-11-9-25(10-12-26)14-5-7-15(27)8-6-14/h2-8,27H,9-12H2,1H3. The number of phenols is 1. The lowest BCUT2D eigenvalue weighted by molar-refractivity contribution is 0.0745. The fourth-order valence-electron chi connectivity index (χ4n) is 3.51. The molecule has 1 N–H and O–H groups in total. The number of carbonyl (C=O) groups excluding carboxylic acids is 1. The Hall–Kier alpha value is -3.06. The van der Waals surface area contributed by atoms with Crippen LogP contribution in [0.1, 0.15) is 16.1 Å². The highest BCUT2D eigenvalue weighted by atomic mass is 35.5. The fraction of sp³-hybridized carbons (Fsp3) is 0.238. The Morgan fingerprint density at radius 2 is 1.83 bits per heavy atom. The lowest BCUT2D eigenvalue weighted by atomic mass is 10.0. The van der Waals surface area contributed by atoms with E-state index in [-0.39, 0.29) is 33.5 Å². The van der Waals surface area contributed by atoms with Crippen LogP contribution in [0.5, 0.6) is 5.75 Å². The Bertz CT molecular complexity index is 1020. The van der Waals surface area contributed by atoms with Crippen LogP contribution in [-0.2, 0) is 0 Å². The second-order valence-electron chi connectivity index (χ2n) is 6.85. The van der Waals surface area contributed by atoms with Crippen LogP contribution in [0.2, 0.25) is 5.02 Å². The maximum Gasteiger partial charge on any atom is 0.259 e. The Morgan fingerprint density at radius 3 is 2.48 bits per heavy atom. The fourth-order valence-corrected chi connectivity index (χ4v) is 3.76. The number of hydrogen-bond donors (Lipinski definition) is 1. The smallest absolute Gasteiger partial charge is 0.259 e. The molecule has 0 unspecified atom stereocenters. The third kappa shape index (κ3) is 3.65. The molecule has 150 valence electrons. The van der Waals surface area contributed by atoms with Crippen molar-refractivity contribution in [2.45, 2.75) is 6.92 Å². The van der Waals surface area contributed by atoms with E-state index in [1.54, 1.807) is 30.0 Å². The molecule has 2 heterocycles. The number of phenolic OH excluding ortho intramolecular Hbond substituents is 1. The summed E-state index contributed by atoms with van der Waals surface area (Å²) in [5, 5.41) is 13.5. The van der Waals surface area contributed by atoms with Gasteiger partial charge in [0.2, 0.25) is 0 Å². The van der Waals surface area contributed by atoms with Gasteiger partial charge >= 0.3 is 0 Å². The highest BCUT2D eigenvalue weighted by Crippen LogP contribution is 2.34. The zero-order valence-electron chi connectivity index (χ0n) is 15.7. The summed E-state index contributed by atoms with van der Waals surface area (Å²) in [4.78, 5) is 17.0. The van der Waals surface area contributed by atoms with Gasteiger partial charge in [0.25, 0.3) is 5.91 Å². The number of benzene rings is 2. The molecule has 1 amide bonds. The van der Waals surface area contributed by atoms with Crippen molar-refractivity contribution >= 4 is 23.2 Å². The summed E-state index contributed by atoms with van der Waals surface area (Å²) in [6.45, 7) is 3.89. The molecule has 1 saturated heterocycles. The first-order chi connectivity index (χ1) is 14.0. The van der Waals surface area contributed by atoms with Crippen molar-refractivity contribution in [3.8, 4) is 17.0 Å². The van der Waals surface area contributed by atoms with Crippen molar-refractivity contribution in [3.05, 3.63) is 64.6 Å². The van der Waals surface area contributed by atoms with Gasteiger partial charge in [0.1, 0.15) is 28.6 Å². The average Bonchev–Trinajstić information content (AvgIpc) is 3.09. The van der Waals surface area contributed by atoms with E-state index in [9.17, 15) is 14.3 Å². The van der Waals surface area contributed by atoms with E-state index in [1.165, 1.54) is 12.1 Å². The molecule has 1 aromatic heterocycles. The van der Waals surface area contributed by atoms with E-state index in [2.05, 4.69) is 10.1 Å². The van der Waals surface area contributed by atoms with Crippen LogP contribution in [0, 0.1) is 12.7 Å². The van der Waals surface area contributed by atoms with Crippen LogP contribution in [0.15, 0.2) is 47.0 Å². The summed E-state index contributed by atoms with van der Waals surface area (Å²) in [7, 11) is 0. The van der Waals surface area contributed by atoms with Crippen molar-refractivity contribution < 1.29 is 18.8 Å². The summed E-state index contributed by atoms with van der Waals surface area (Å²) in [6.07, 6.45) is 0. The number of aryl methyl sites for hydroxylation is 1. The normalized spacial score (nSPS) is 14.3. The van der Waals surface area contributed by atoms with Crippen LogP contribution in [0.25, 0.3) is 11.3 Å². The van der Waals surface area contributed by atoms with E-state index < -0.39 is 5.82 Å². The first-order valence-corrected chi connectivity index (χ1v) is 9.57. The zero-order chi connectivity index (χ0) is 20.5. The molecule has 0 spiro atoms. The van der Waals surface area contributed by atoms with Gasteiger partial charge in [-0.05, 0) is 43.3 Å². The number of aromatic nitrogens is 1. The van der Waals surface area contributed by atoms with Crippen molar-refractivity contribution in [2.24, 2.45) is 0 Å². The molecule has 1 fully saturated rings. The number of piperazine rings is 1. The zero-order valence-corrected chi connectivity index (χ0v) is 16.5. The number of halogens is 2. The Labute approximate surface area is 172 Å². The Balaban J connectivity index is 1.56. The lowest BCUT2D eigenvalue weighted by Gasteiger charge is -2.36. The SMILES string of the molecule is Cc1onc(-c2c(F)cccc2Cl)c1C(=O)N1CCN(c2ccc(O)cc2)CC1. The highest BCUT2D eigenvalue weighted by molar-refractivity contribution is 6.33. The molecule has 8 heteroatoms. The van der Waals surface area contributed by atoms with Crippen LogP contribution >= 0.6 is 11.6 Å². The van der Waals surface area contributed by atoms with Gasteiger partial charge in [-0.3, -0.25) is 4.79 Å². The monoisotopic (exact) mass is 415 g/mol. The second-order valence-corrected chi connectivity index (χ2v) is 7.26. The first kappa shape index (κ1) is 19.3. The van der Waals surface area contributed by atoms with Crippen LogP contribution < -0.4 is 4.90 Å². The van der Waals surface area contributed by atoms with Gasteiger partial charge in [0.05, 0.1) is 10.6 Å². The van der Waals surface area contributed by atoms with Crippen molar-refractivity contribution in [3.63, 3.8) is 0 Å². The van der Waals surface area contributed by atoms with E-state index in [1.807, 2.05) is 12.1 Å². The minimum Gasteiger partial charge on any atom is -0.508 e. The minimum absolute atomic E-state index is 0.0668. The predicted octanol–water partition coefficient (Wildman–Crippen LogP) is 4.11. The summed E-state index contributed by atoms with van der Waals surface area (Å²) < 4.78 is 19.6. The van der Waals surface area contributed by atoms with Gasteiger partial charge in [-0.25, -0.2) is 4.39 Å². The van der Waals surface area contributed by atoms with Gasteiger partial charge in [0, 0.05) is 31.9 Å². The second kappa shape index (κ2) is 7.75. The number of hydrogen-bond acceptors (Lipinski definition) is 5. The average molecular weight is 416 g/mol. The number of carbonyl (C=O) groups is 1. The molecular weight excluding hydrogens is 397 g/mol. The Morgan fingerprint density at radius 1 is 1.14 bits per heavy atom. The molecular formula is C21H19ClFN3O3. The number of nitrogens with zero attached hydrogens (tertiary/aromatic N) is 3. The van der Waals surface area contributed by atoms with E-state index >= 15 is 0 Å².